The van der Waals surface area contributed by atoms with Crippen molar-refractivity contribution < 1.29 is 9.53 Å². The molecule has 0 unspecified atom stereocenters. The van der Waals surface area contributed by atoms with Crippen LogP contribution in [0.2, 0.25) is 0 Å². The van der Waals surface area contributed by atoms with Gasteiger partial charge in [0.25, 0.3) is 5.91 Å². The average molecular weight is 525 g/mol. The molecular formula is C31H36N6O2. The number of aromatic nitrogens is 2. The quantitative estimate of drug-likeness (QED) is 0.300. The van der Waals surface area contributed by atoms with Crippen LogP contribution in [-0.2, 0) is 6.54 Å². The Bertz CT molecular complexity index is 1390. The van der Waals surface area contributed by atoms with E-state index < -0.39 is 0 Å². The van der Waals surface area contributed by atoms with E-state index >= 15 is 0 Å². The number of amides is 1. The number of rotatable bonds is 10. The smallest absolute Gasteiger partial charge is 0.254 e. The number of fused-ring (bicyclic) bond motifs is 1. The van der Waals surface area contributed by atoms with Gasteiger partial charge < -0.3 is 19.9 Å². The Labute approximate surface area is 230 Å². The van der Waals surface area contributed by atoms with Gasteiger partial charge in [0.2, 0.25) is 0 Å². The highest BCUT2D eigenvalue weighted by molar-refractivity contribution is 5.94. The molecule has 1 aliphatic heterocycles. The number of carbonyl (C=O) groups excluding carboxylic acids is 1. The van der Waals surface area contributed by atoms with Crippen LogP contribution in [0.4, 0.5) is 5.82 Å². The van der Waals surface area contributed by atoms with Crippen LogP contribution in [0, 0.1) is 0 Å². The minimum absolute atomic E-state index is 0.0272. The van der Waals surface area contributed by atoms with Crippen molar-refractivity contribution in [2.45, 2.75) is 13.0 Å². The van der Waals surface area contributed by atoms with Crippen molar-refractivity contribution in [1.29, 1.82) is 0 Å². The third-order valence-corrected chi connectivity index (χ3v) is 6.81. The van der Waals surface area contributed by atoms with E-state index in [0.717, 1.165) is 60.9 Å². The van der Waals surface area contributed by atoms with Crippen molar-refractivity contribution in [2.24, 2.45) is 0 Å². The van der Waals surface area contributed by atoms with Gasteiger partial charge in [0.15, 0.2) is 0 Å². The van der Waals surface area contributed by atoms with Crippen molar-refractivity contribution in [3.05, 3.63) is 90.3 Å². The van der Waals surface area contributed by atoms with E-state index in [9.17, 15) is 4.79 Å². The maximum Gasteiger partial charge on any atom is 0.254 e. The Kier molecular flexibility index (Phi) is 8.65. The Morgan fingerprint density at radius 1 is 0.897 bits per heavy atom. The van der Waals surface area contributed by atoms with E-state index in [1.807, 2.05) is 77.7 Å². The van der Waals surface area contributed by atoms with Gasteiger partial charge in [-0.2, -0.15) is 0 Å². The Morgan fingerprint density at radius 2 is 1.64 bits per heavy atom. The van der Waals surface area contributed by atoms with Gasteiger partial charge in [0, 0.05) is 43.7 Å². The predicted octanol–water partition coefficient (Wildman–Crippen LogP) is 4.74. The molecule has 0 aliphatic carbocycles. The summed E-state index contributed by atoms with van der Waals surface area (Å²) in [6.45, 7) is 5.39. The first-order valence-electron chi connectivity index (χ1n) is 13.5. The normalized spacial score (nSPS) is 14.1. The van der Waals surface area contributed by atoms with Gasteiger partial charge in [-0.25, -0.2) is 9.97 Å². The fourth-order valence-corrected chi connectivity index (χ4v) is 4.74. The fourth-order valence-electron chi connectivity index (χ4n) is 4.74. The molecule has 1 saturated heterocycles. The molecule has 1 amide bonds. The number of carbonyl (C=O) groups is 1. The molecule has 0 saturated carbocycles. The number of ether oxygens (including phenoxy) is 1. The topological polar surface area (TPSA) is 73.8 Å². The molecule has 0 bridgehead atoms. The molecule has 3 aromatic carbocycles. The second-order valence-corrected chi connectivity index (χ2v) is 10.1. The van der Waals surface area contributed by atoms with E-state index in [1.165, 1.54) is 0 Å². The van der Waals surface area contributed by atoms with Crippen molar-refractivity contribution in [2.75, 3.05) is 58.7 Å². The number of nitrogens with zero attached hydrogens (tertiary/aromatic N) is 5. The monoisotopic (exact) mass is 524 g/mol. The zero-order valence-corrected chi connectivity index (χ0v) is 22.7. The molecule has 0 spiro atoms. The van der Waals surface area contributed by atoms with Crippen molar-refractivity contribution >= 4 is 22.6 Å². The van der Waals surface area contributed by atoms with Crippen LogP contribution < -0.4 is 10.1 Å². The van der Waals surface area contributed by atoms with Crippen LogP contribution in [0.15, 0.2) is 78.9 Å². The van der Waals surface area contributed by atoms with Crippen LogP contribution in [0.5, 0.6) is 11.5 Å². The minimum atomic E-state index is 0.0272. The summed E-state index contributed by atoms with van der Waals surface area (Å²) in [4.78, 5) is 29.4. The van der Waals surface area contributed by atoms with E-state index in [0.29, 0.717) is 30.9 Å². The first-order chi connectivity index (χ1) is 19.0. The van der Waals surface area contributed by atoms with Crippen LogP contribution in [0.3, 0.4) is 0 Å². The van der Waals surface area contributed by atoms with E-state index in [-0.39, 0.29) is 5.91 Å². The summed E-state index contributed by atoms with van der Waals surface area (Å²) in [6.07, 6.45) is 1.04. The second kappa shape index (κ2) is 12.7. The maximum absolute atomic E-state index is 13.2. The van der Waals surface area contributed by atoms with Gasteiger partial charge in [0.1, 0.15) is 23.1 Å². The lowest BCUT2D eigenvalue weighted by Gasteiger charge is -2.34. The van der Waals surface area contributed by atoms with E-state index in [4.69, 9.17) is 14.7 Å². The lowest BCUT2D eigenvalue weighted by atomic mass is 10.1. The molecule has 8 heteroatoms. The van der Waals surface area contributed by atoms with Crippen molar-refractivity contribution in [3.63, 3.8) is 0 Å². The molecule has 1 aromatic heterocycles. The number of benzene rings is 3. The standard InChI is InChI=1S/C31H36N6O2/c1-35(2)17-9-16-32-30-27-14-6-7-15-28(27)33-29(34-30)23-36-18-20-37(21-19-36)31(38)24-10-8-13-26(22-24)39-25-11-4-3-5-12-25/h3-8,10-15,22H,9,16-21,23H2,1-2H3,(H,32,33,34). The van der Waals surface area contributed by atoms with Gasteiger partial charge >= 0.3 is 0 Å². The first kappa shape index (κ1) is 26.6. The number of piperazine rings is 1. The Hall–Kier alpha value is -4.01. The molecule has 202 valence electrons. The first-order valence-corrected chi connectivity index (χ1v) is 13.5. The minimum Gasteiger partial charge on any atom is -0.457 e. The molecule has 1 fully saturated rings. The molecule has 4 aromatic rings. The van der Waals surface area contributed by atoms with Crippen LogP contribution in [0.1, 0.15) is 22.6 Å². The van der Waals surface area contributed by atoms with Crippen LogP contribution in [0.25, 0.3) is 10.9 Å². The zero-order valence-electron chi connectivity index (χ0n) is 22.7. The highest BCUT2D eigenvalue weighted by atomic mass is 16.5. The van der Waals surface area contributed by atoms with Crippen molar-refractivity contribution in [3.8, 4) is 11.5 Å². The predicted molar refractivity (Wildman–Crippen MR) is 155 cm³/mol. The lowest BCUT2D eigenvalue weighted by Crippen LogP contribution is -2.48. The van der Waals surface area contributed by atoms with Crippen molar-refractivity contribution in [1.82, 2.24) is 24.7 Å². The van der Waals surface area contributed by atoms with Gasteiger partial charge in [-0.15, -0.1) is 0 Å². The number of hydrogen-bond acceptors (Lipinski definition) is 7. The third-order valence-electron chi connectivity index (χ3n) is 6.81. The molecule has 5 rings (SSSR count). The van der Waals surface area contributed by atoms with Gasteiger partial charge in [-0.05, 0) is 69.5 Å². The summed E-state index contributed by atoms with van der Waals surface area (Å²) in [5, 5.41) is 4.56. The largest absolute Gasteiger partial charge is 0.457 e. The molecule has 1 aliphatic rings. The number of anilines is 1. The highest BCUT2D eigenvalue weighted by Crippen LogP contribution is 2.24. The Morgan fingerprint density at radius 3 is 2.44 bits per heavy atom. The molecule has 1 N–H and O–H groups in total. The maximum atomic E-state index is 13.2. The van der Waals surface area contributed by atoms with E-state index in [2.05, 4.69) is 35.3 Å². The molecule has 2 heterocycles. The average Bonchev–Trinajstić information content (AvgIpc) is 2.96. The number of para-hydroxylation sites is 2. The SMILES string of the molecule is CN(C)CCCNc1nc(CN2CCN(C(=O)c3cccc(Oc4ccccc4)c3)CC2)nc2ccccc12. The van der Waals surface area contributed by atoms with Gasteiger partial charge in [0.05, 0.1) is 12.1 Å². The van der Waals surface area contributed by atoms with Crippen LogP contribution >= 0.6 is 0 Å². The van der Waals surface area contributed by atoms with Gasteiger partial charge in [-0.3, -0.25) is 9.69 Å². The number of hydrogen-bond donors (Lipinski definition) is 1. The summed E-state index contributed by atoms with van der Waals surface area (Å²) in [6, 6.07) is 25.1. The summed E-state index contributed by atoms with van der Waals surface area (Å²) in [7, 11) is 4.17. The summed E-state index contributed by atoms with van der Waals surface area (Å²) < 4.78 is 5.92. The van der Waals surface area contributed by atoms with Gasteiger partial charge in [-0.1, -0.05) is 36.4 Å². The summed E-state index contributed by atoms with van der Waals surface area (Å²) in [5.41, 5.74) is 1.59. The number of nitrogens with one attached hydrogen (secondary N) is 1. The summed E-state index contributed by atoms with van der Waals surface area (Å²) >= 11 is 0. The Balaban J connectivity index is 1.19. The summed E-state index contributed by atoms with van der Waals surface area (Å²) in [5.74, 6) is 3.12. The molecule has 39 heavy (non-hydrogen) atoms. The third kappa shape index (κ3) is 7.10. The highest BCUT2D eigenvalue weighted by Gasteiger charge is 2.23. The molecule has 0 radical (unpaired) electrons. The lowest BCUT2D eigenvalue weighted by molar-refractivity contribution is 0.0625. The molecule has 8 nitrogen and oxygen atoms in total. The van der Waals surface area contributed by atoms with Crippen LogP contribution in [-0.4, -0.2) is 83.9 Å². The molecule has 0 atom stereocenters. The van der Waals surface area contributed by atoms with E-state index in [1.54, 1.807) is 0 Å². The fraction of sp³-hybridized carbons (Fsp3) is 0.323. The zero-order chi connectivity index (χ0) is 27.0. The molecular weight excluding hydrogens is 488 g/mol. The second-order valence-electron chi connectivity index (χ2n) is 10.1.